The van der Waals surface area contributed by atoms with Gasteiger partial charge in [-0.15, -0.1) is 0 Å². The normalized spacial score (nSPS) is 11.1. The smallest absolute Gasteiger partial charge is 0.330 e. The van der Waals surface area contributed by atoms with Gasteiger partial charge in [0, 0.05) is 6.08 Å². The molecule has 0 radical (unpaired) electrons. The zero-order valence-electron chi connectivity index (χ0n) is 15.8. The van der Waals surface area contributed by atoms with Gasteiger partial charge in [-0.3, -0.25) is 9.52 Å². The molecule has 1 aromatic carbocycles. The van der Waals surface area contributed by atoms with E-state index in [1.807, 2.05) is 0 Å². The van der Waals surface area contributed by atoms with Gasteiger partial charge in [0.2, 0.25) is 0 Å². The van der Waals surface area contributed by atoms with Crippen LogP contribution in [0, 0.1) is 0 Å². The van der Waals surface area contributed by atoms with E-state index in [9.17, 15) is 18.0 Å². The number of amides is 1. The fraction of sp³-hybridized carbons (Fsp3) is 0.167. The molecule has 3 N–H and O–H groups in total. The molecular weight excluding hydrogens is 402 g/mol. The van der Waals surface area contributed by atoms with Crippen LogP contribution in [0.3, 0.4) is 0 Å². The zero-order chi connectivity index (χ0) is 21.6. The quantitative estimate of drug-likeness (QED) is 0.477. The molecule has 11 heteroatoms. The highest BCUT2D eigenvalue weighted by Gasteiger charge is 2.24. The van der Waals surface area contributed by atoms with Crippen LogP contribution < -0.4 is 19.9 Å². The Morgan fingerprint density at radius 1 is 1.14 bits per heavy atom. The van der Waals surface area contributed by atoms with E-state index in [1.54, 1.807) is 0 Å². The minimum Gasteiger partial charge on any atom is -0.493 e. The van der Waals surface area contributed by atoms with Gasteiger partial charge in [0.05, 0.1) is 33.2 Å². The number of nitrogens with two attached hydrogens (primary N) is 1. The van der Waals surface area contributed by atoms with Gasteiger partial charge in [0.25, 0.3) is 15.9 Å². The summed E-state index contributed by atoms with van der Waals surface area (Å²) in [7, 11) is -0.284. The Hall–Kier alpha value is -3.60. The Morgan fingerprint density at radius 3 is 2.38 bits per heavy atom. The molecule has 0 bridgehead atoms. The van der Waals surface area contributed by atoms with E-state index in [2.05, 4.69) is 14.4 Å². The molecule has 0 unspecified atom stereocenters. The highest BCUT2D eigenvalue weighted by Crippen LogP contribution is 2.36. The summed E-state index contributed by atoms with van der Waals surface area (Å²) in [5, 5.41) is 0. The Balaban J connectivity index is 2.49. The largest absolute Gasteiger partial charge is 0.493 e. The van der Waals surface area contributed by atoms with Crippen molar-refractivity contribution in [3.63, 3.8) is 0 Å². The van der Waals surface area contributed by atoms with Crippen LogP contribution >= 0.6 is 0 Å². The molecule has 0 saturated carbocycles. The molecule has 29 heavy (non-hydrogen) atoms. The van der Waals surface area contributed by atoms with Crippen LogP contribution in [0.5, 0.6) is 11.5 Å². The van der Waals surface area contributed by atoms with Gasteiger partial charge in [-0.25, -0.2) is 18.2 Å². The molecule has 154 valence electrons. The topological polar surface area (TPSA) is 147 Å². The van der Waals surface area contributed by atoms with E-state index < -0.39 is 21.9 Å². The van der Waals surface area contributed by atoms with Crippen molar-refractivity contribution >= 4 is 33.7 Å². The summed E-state index contributed by atoms with van der Waals surface area (Å²) < 4.78 is 43.1. The number of sulfonamides is 1. The summed E-state index contributed by atoms with van der Waals surface area (Å²) in [5.74, 6) is -1.24. The Bertz CT molecular complexity index is 1050. The average Bonchev–Trinajstić information content (AvgIpc) is 2.71. The van der Waals surface area contributed by atoms with Crippen molar-refractivity contribution in [2.75, 3.05) is 26.1 Å². The number of benzene rings is 1. The van der Waals surface area contributed by atoms with Gasteiger partial charge in [0.1, 0.15) is 10.6 Å². The standard InChI is InChI=1S/C18H19N3O7S/c1-26-14-8-11(4-7-16(22)27-2)9-15(17(14)28-3)29(24,25)21-12-5-6-13(18(19)23)20-10-12/h4-10,21H,1-3H3,(H2,19,23)/b7-4+. The molecule has 0 atom stereocenters. The van der Waals surface area contributed by atoms with Crippen LogP contribution in [0.2, 0.25) is 0 Å². The average molecular weight is 421 g/mol. The molecule has 2 aromatic rings. The van der Waals surface area contributed by atoms with Gasteiger partial charge < -0.3 is 19.9 Å². The first-order valence-electron chi connectivity index (χ1n) is 8.02. The number of nitrogens with one attached hydrogen (secondary N) is 1. The van der Waals surface area contributed by atoms with Gasteiger partial charge in [-0.2, -0.15) is 0 Å². The number of carbonyl (C=O) groups is 2. The molecule has 0 aliphatic rings. The number of hydrogen-bond donors (Lipinski definition) is 2. The number of nitrogens with zero attached hydrogens (tertiary/aromatic N) is 1. The molecule has 0 saturated heterocycles. The lowest BCUT2D eigenvalue weighted by atomic mass is 10.2. The van der Waals surface area contributed by atoms with E-state index in [1.165, 1.54) is 51.7 Å². The van der Waals surface area contributed by atoms with Crippen LogP contribution in [0.25, 0.3) is 6.08 Å². The molecule has 0 aliphatic carbocycles. The molecule has 1 aromatic heterocycles. The third-order valence-corrected chi connectivity index (χ3v) is 5.02. The number of methoxy groups -OCH3 is 3. The van der Waals surface area contributed by atoms with E-state index in [0.717, 1.165) is 12.3 Å². The maximum absolute atomic E-state index is 12.9. The summed E-state index contributed by atoms with van der Waals surface area (Å²) in [5.41, 5.74) is 5.57. The molecule has 2 rings (SSSR count). The molecule has 0 fully saturated rings. The summed E-state index contributed by atoms with van der Waals surface area (Å²) in [6.07, 6.45) is 3.66. The van der Waals surface area contributed by atoms with Gasteiger partial charge in [-0.05, 0) is 35.9 Å². The second-order valence-corrected chi connectivity index (χ2v) is 7.16. The SMILES string of the molecule is COC(=O)/C=C/c1cc(OC)c(OC)c(S(=O)(=O)Nc2ccc(C(N)=O)nc2)c1. The third kappa shape index (κ3) is 5.23. The lowest BCUT2D eigenvalue weighted by Crippen LogP contribution is -2.16. The van der Waals surface area contributed by atoms with E-state index >= 15 is 0 Å². The van der Waals surface area contributed by atoms with Crippen LogP contribution in [0.4, 0.5) is 5.69 Å². The zero-order valence-corrected chi connectivity index (χ0v) is 16.6. The first kappa shape index (κ1) is 21.7. The highest BCUT2D eigenvalue weighted by molar-refractivity contribution is 7.92. The van der Waals surface area contributed by atoms with Crippen molar-refractivity contribution in [3.05, 3.63) is 47.8 Å². The van der Waals surface area contributed by atoms with Gasteiger partial charge >= 0.3 is 5.97 Å². The van der Waals surface area contributed by atoms with Crippen LogP contribution in [-0.4, -0.2) is 46.6 Å². The minimum atomic E-state index is -4.15. The summed E-state index contributed by atoms with van der Waals surface area (Å²) in [6.45, 7) is 0. The van der Waals surface area contributed by atoms with E-state index in [-0.39, 0.29) is 27.8 Å². The predicted octanol–water partition coefficient (Wildman–Crippen LogP) is 1.18. The van der Waals surface area contributed by atoms with Crippen molar-refractivity contribution in [1.82, 2.24) is 4.98 Å². The number of hydrogen-bond acceptors (Lipinski definition) is 8. The summed E-state index contributed by atoms with van der Waals surface area (Å²) in [4.78, 5) is 26.0. The van der Waals surface area contributed by atoms with Crippen LogP contribution in [0.15, 0.2) is 41.4 Å². The number of esters is 1. The maximum Gasteiger partial charge on any atom is 0.330 e. The van der Waals surface area contributed by atoms with Gasteiger partial charge in [-0.1, -0.05) is 0 Å². The Labute approximate surface area is 167 Å². The lowest BCUT2D eigenvalue weighted by Gasteiger charge is -2.15. The van der Waals surface area contributed by atoms with Crippen molar-refractivity contribution in [3.8, 4) is 11.5 Å². The first-order chi connectivity index (χ1) is 13.7. The van der Waals surface area contributed by atoms with E-state index in [4.69, 9.17) is 15.2 Å². The monoisotopic (exact) mass is 421 g/mol. The van der Waals surface area contributed by atoms with Gasteiger partial charge in [0.15, 0.2) is 11.5 Å². The first-order valence-corrected chi connectivity index (χ1v) is 9.51. The molecule has 0 spiro atoms. The summed E-state index contributed by atoms with van der Waals surface area (Å²) in [6, 6.07) is 5.43. The number of pyridine rings is 1. The van der Waals surface area contributed by atoms with Crippen molar-refractivity contribution in [2.24, 2.45) is 5.73 Å². The lowest BCUT2D eigenvalue weighted by molar-refractivity contribution is -0.134. The third-order valence-electron chi connectivity index (χ3n) is 3.64. The predicted molar refractivity (Wildman–Crippen MR) is 104 cm³/mol. The Morgan fingerprint density at radius 2 is 1.86 bits per heavy atom. The van der Waals surface area contributed by atoms with Crippen molar-refractivity contribution < 1.29 is 32.2 Å². The second kappa shape index (κ2) is 9.06. The van der Waals surface area contributed by atoms with Crippen LogP contribution in [-0.2, 0) is 19.6 Å². The maximum atomic E-state index is 12.9. The highest BCUT2D eigenvalue weighted by atomic mass is 32.2. The number of ether oxygens (including phenoxy) is 3. The van der Waals surface area contributed by atoms with Crippen LogP contribution in [0.1, 0.15) is 16.1 Å². The van der Waals surface area contributed by atoms with E-state index in [0.29, 0.717) is 5.56 Å². The summed E-state index contributed by atoms with van der Waals surface area (Å²) >= 11 is 0. The molecule has 10 nitrogen and oxygen atoms in total. The molecule has 1 amide bonds. The number of carbonyl (C=O) groups excluding carboxylic acids is 2. The fourth-order valence-electron chi connectivity index (χ4n) is 2.29. The molecule has 0 aliphatic heterocycles. The fourth-order valence-corrected chi connectivity index (χ4v) is 3.55. The number of anilines is 1. The minimum absolute atomic E-state index is 0.0119. The number of primary amides is 1. The second-order valence-electron chi connectivity index (χ2n) is 5.51. The molecule has 1 heterocycles. The number of rotatable bonds is 8. The Kier molecular flexibility index (Phi) is 6.78. The van der Waals surface area contributed by atoms with Crippen molar-refractivity contribution in [2.45, 2.75) is 4.90 Å². The van der Waals surface area contributed by atoms with Crippen molar-refractivity contribution in [1.29, 1.82) is 0 Å². The molecular formula is C18H19N3O7S. The number of aromatic nitrogens is 1.